The lowest BCUT2D eigenvalue weighted by Crippen LogP contribution is -2.58. The molecular weight excluding hydrogens is 298 g/mol. The molecule has 0 bridgehead atoms. The fraction of sp³-hybridized carbons (Fsp3) is 0.429. The minimum Gasteiger partial charge on any atom is -0.363 e. The first kappa shape index (κ1) is 17.2. The summed E-state index contributed by atoms with van der Waals surface area (Å²) in [6.45, 7) is 4.16. The zero-order chi connectivity index (χ0) is 17.3. The van der Waals surface area contributed by atoms with Crippen molar-refractivity contribution in [2.45, 2.75) is 18.1 Å². The molecule has 128 valence electrons. The van der Waals surface area contributed by atoms with Crippen LogP contribution in [-0.2, 0) is 15.1 Å². The molecule has 0 spiro atoms. The Hall–Kier alpha value is -1.68. The van der Waals surface area contributed by atoms with Crippen LogP contribution in [-0.4, -0.2) is 51.0 Å². The summed E-state index contributed by atoms with van der Waals surface area (Å²) < 4.78 is 13.8. The summed E-state index contributed by atoms with van der Waals surface area (Å²) in [5, 5.41) is 0. The summed E-state index contributed by atoms with van der Waals surface area (Å²) in [6.07, 6.45) is 0. The molecule has 1 aliphatic rings. The Morgan fingerprint density at radius 3 is 1.67 bits per heavy atom. The van der Waals surface area contributed by atoms with Gasteiger partial charge in [-0.05, 0) is 18.1 Å². The third-order valence-corrected chi connectivity index (χ3v) is 4.54. The molecular formula is C21H28NO2+. The molecule has 3 nitrogen and oxygen atoms in total. The van der Waals surface area contributed by atoms with E-state index in [2.05, 4.69) is 76.6 Å². The Kier molecular flexibility index (Phi) is 4.52. The Morgan fingerprint density at radius 2 is 1.29 bits per heavy atom. The number of likely N-dealkylation sites (N-methyl/N-ethyl adjacent to an activating group) is 1. The van der Waals surface area contributed by atoms with E-state index < -0.39 is 5.60 Å². The van der Waals surface area contributed by atoms with E-state index in [4.69, 9.17) is 9.47 Å². The predicted molar refractivity (Wildman–Crippen MR) is 96.9 cm³/mol. The van der Waals surface area contributed by atoms with Crippen LogP contribution >= 0.6 is 0 Å². The number of benzene rings is 2. The summed E-state index contributed by atoms with van der Waals surface area (Å²) in [7, 11) is 6.56. The Bertz CT molecular complexity index is 612. The van der Waals surface area contributed by atoms with Crippen molar-refractivity contribution in [3.63, 3.8) is 0 Å². The van der Waals surface area contributed by atoms with Gasteiger partial charge in [-0.25, -0.2) is 0 Å². The van der Waals surface area contributed by atoms with E-state index >= 15 is 0 Å². The van der Waals surface area contributed by atoms with Crippen LogP contribution in [0.4, 0.5) is 0 Å². The zero-order valence-corrected chi connectivity index (χ0v) is 15.2. The number of hydrogen-bond donors (Lipinski definition) is 0. The fourth-order valence-electron chi connectivity index (χ4n) is 3.64. The van der Waals surface area contributed by atoms with Crippen molar-refractivity contribution in [2.24, 2.45) is 0 Å². The molecule has 1 saturated heterocycles. The van der Waals surface area contributed by atoms with Crippen molar-refractivity contribution in [3.8, 4) is 0 Å². The number of rotatable bonds is 4. The lowest BCUT2D eigenvalue weighted by Gasteiger charge is -2.47. The first-order valence-corrected chi connectivity index (χ1v) is 8.53. The molecule has 3 rings (SSSR count). The first-order chi connectivity index (χ1) is 11.3. The molecule has 0 saturated carbocycles. The molecule has 0 amide bonds. The normalized spacial score (nSPS) is 23.8. The van der Waals surface area contributed by atoms with Gasteiger partial charge in [0.1, 0.15) is 17.7 Å². The summed E-state index contributed by atoms with van der Waals surface area (Å²) in [5.74, 6) is 0. The maximum absolute atomic E-state index is 6.56. The number of hydrogen-bond acceptors (Lipinski definition) is 2. The van der Waals surface area contributed by atoms with E-state index in [1.54, 1.807) is 0 Å². The lowest BCUT2D eigenvalue weighted by atomic mass is 9.85. The van der Waals surface area contributed by atoms with Crippen LogP contribution < -0.4 is 0 Å². The van der Waals surface area contributed by atoms with E-state index in [1.807, 2.05) is 12.1 Å². The average molecular weight is 326 g/mol. The average Bonchev–Trinajstić information content (AvgIpc) is 2.56. The molecule has 0 aliphatic carbocycles. The van der Waals surface area contributed by atoms with Crippen molar-refractivity contribution >= 4 is 0 Å². The molecule has 3 heteroatoms. The highest BCUT2D eigenvalue weighted by Crippen LogP contribution is 2.39. The van der Waals surface area contributed by atoms with Crippen LogP contribution in [0.5, 0.6) is 0 Å². The second-order valence-corrected chi connectivity index (χ2v) is 8.03. The fourth-order valence-corrected chi connectivity index (χ4v) is 3.64. The van der Waals surface area contributed by atoms with E-state index in [0.29, 0.717) is 13.2 Å². The molecule has 1 aliphatic heterocycles. The van der Waals surface area contributed by atoms with Crippen LogP contribution in [0, 0.1) is 0 Å². The minimum absolute atomic E-state index is 0.273. The first-order valence-electron chi connectivity index (χ1n) is 8.53. The molecule has 24 heavy (non-hydrogen) atoms. The highest BCUT2D eigenvalue weighted by atomic mass is 16.6. The predicted octanol–water partition coefficient (Wildman–Crippen LogP) is 3.44. The van der Waals surface area contributed by atoms with E-state index in [-0.39, 0.29) is 5.60 Å². The second-order valence-electron chi connectivity index (χ2n) is 8.03. The number of quaternary nitrogens is 1. The third kappa shape index (κ3) is 3.54. The molecule has 0 radical (unpaired) electrons. The van der Waals surface area contributed by atoms with Gasteiger partial charge in [-0.2, -0.15) is 0 Å². The standard InChI is InChI=1S/C21H28NO2/c1-20(15-22(2,3)4)16-24-21(17-23-20,18-11-7-5-8-12-18)19-13-9-6-10-14-19/h5-14H,15-17H2,1-4H3/q+1. The topological polar surface area (TPSA) is 18.5 Å². The summed E-state index contributed by atoms with van der Waals surface area (Å²) in [4.78, 5) is 0. The van der Waals surface area contributed by atoms with Crippen molar-refractivity contribution in [2.75, 3.05) is 40.9 Å². The van der Waals surface area contributed by atoms with Gasteiger partial charge in [0.2, 0.25) is 0 Å². The largest absolute Gasteiger partial charge is 0.363 e. The van der Waals surface area contributed by atoms with Gasteiger partial charge in [0.05, 0.1) is 34.4 Å². The highest BCUT2D eigenvalue weighted by molar-refractivity contribution is 5.37. The van der Waals surface area contributed by atoms with Crippen LogP contribution in [0.3, 0.4) is 0 Å². The molecule has 1 unspecified atom stereocenters. The summed E-state index contributed by atoms with van der Waals surface area (Å²) in [5.41, 5.74) is 1.48. The van der Waals surface area contributed by atoms with Gasteiger partial charge >= 0.3 is 0 Å². The van der Waals surface area contributed by atoms with Crippen LogP contribution in [0.1, 0.15) is 18.1 Å². The molecule has 2 aromatic carbocycles. The quantitative estimate of drug-likeness (QED) is 0.801. The van der Waals surface area contributed by atoms with Gasteiger partial charge in [-0.3, -0.25) is 0 Å². The van der Waals surface area contributed by atoms with Crippen LogP contribution in [0.2, 0.25) is 0 Å². The van der Waals surface area contributed by atoms with Crippen molar-refractivity contribution < 1.29 is 14.0 Å². The Morgan fingerprint density at radius 1 is 0.792 bits per heavy atom. The number of nitrogens with zero attached hydrogens (tertiary/aromatic N) is 1. The monoisotopic (exact) mass is 326 g/mol. The van der Waals surface area contributed by atoms with Gasteiger partial charge in [0, 0.05) is 0 Å². The molecule has 0 aromatic heterocycles. The highest BCUT2D eigenvalue weighted by Gasteiger charge is 2.46. The second kappa shape index (κ2) is 6.32. The third-order valence-electron chi connectivity index (χ3n) is 4.54. The summed E-state index contributed by atoms with van der Waals surface area (Å²) >= 11 is 0. The lowest BCUT2D eigenvalue weighted by molar-refractivity contribution is -0.877. The van der Waals surface area contributed by atoms with E-state index in [9.17, 15) is 0 Å². The van der Waals surface area contributed by atoms with Crippen molar-refractivity contribution in [3.05, 3.63) is 71.8 Å². The van der Waals surface area contributed by atoms with Crippen molar-refractivity contribution in [1.82, 2.24) is 0 Å². The zero-order valence-electron chi connectivity index (χ0n) is 15.2. The molecule has 1 heterocycles. The van der Waals surface area contributed by atoms with Crippen LogP contribution in [0.25, 0.3) is 0 Å². The maximum Gasteiger partial charge on any atom is 0.141 e. The molecule has 0 N–H and O–H groups in total. The van der Waals surface area contributed by atoms with E-state index in [1.165, 1.54) is 0 Å². The SMILES string of the molecule is CC1(C[N+](C)(C)C)COC(c2ccccc2)(c2ccccc2)CO1. The molecule has 1 fully saturated rings. The van der Waals surface area contributed by atoms with Gasteiger partial charge in [-0.15, -0.1) is 0 Å². The Balaban J connectivity index is 1.93. The molecule has 2 aromatic rings. The maximum atomic E-state index is 6.56. The van der Waals surface area contributed by atoms with Gasteiger partial charge in [-0.1, -0.05) is 60.7 Å². The van der Waals surface area contributed by atoms with Gasteiger partial charge in [0.15, 0.2) is 0 Å². The van der Waals surface area contributed by atoms with E-state index in [0.717, 1.165) is 22.2 Å². The number of ether oxygens (including phenoxy) is 2. The smallest absolute Gasteiger partial charge is 0.141 e. The van der Waals surface area contributed by atoms with Gasteiger partial charge in [0.25, 0.3) is 0 Å². The van der Waals surface area contributed by atoms with Crippen molar-refractivity contribution in [1.29, 1.82) is 0 Å². The minimum atomic E-state index is -0.535. The molecule has 1 atom stereocenters. The Labute approximate surface area is 145 Å². The van der Waals surface area contributed by atoms with Gasteiger partial charge < -0.3 is 14.0 Å². The summed E-state index contributed by atoms with van der Waals surface area (Å²) in [6, 6.07) is 20.8. The van der Waals surface area contributed by atoms with Crippen LogP contribution in [0.15, 0.2) is 60.7 Å².